The zero-order chi connectivity index (χ0) is 15.9. The summed E-state index contributed by atoms with van der Waals surface area (Å²) < 4.78 is 0. The fourth-order valence-corrected chi connectivity index (χ4v) is 2.54. The number of nitrogens with two attached hydrogens (primary N) is 1. The Hall–Kier alpha value is -1.84. The standard InChI is InChI=1S/C19H24N2O.ClH/c1-14(2)18(16-6-4-3-5-7-16)13-21-19(22)17-10-8-15(12-20)9-11-17;/h3-11,14,18H,12-13,20H2,1-2H3,(H,21,22);1H. The third-order valence-electron chi connectivity index (χ3n) is 3.97. The minimum Gasteiger partial charge on any atom is -0.351 e. The van der Waals surface area contributed by atoms with Crippen LogP contribution in [0.25, 0.3) is 0 Å². The molecule has 0 saturated carbocycles. The van der Waals surface area contributed by atoms with E-state index in [9.17, 15) is 4.79 Å². The zero-order valence-corrected chi connectivity index (χ0v) is 14.5. The first-order valence-corrected chi connectivity index (χ1v) is 7.74. The van der Waals surface area contributed by atoms with Gasteiger partial charge in [0.1, 0.15) is 0 Å². The largest absolute Gasteiger partial charge is 0.351 e. The fraction of sp³-hybridized carbons (Fsp3) is 0.316. The van der Waals surface area contributed by atoms with E-state index in [1.54, 1.807) is 0 Å². The summed E-state index contributed by atoms with van der Waals surface area (Å²) in [6, 6.07) is 17.8. The number of carbonyl (C=O) groups is 1. The molecule has 0 heterocycles. The van der Waals surface area contributed by atoms with Crippen molar-refractivity contribution in [2.75, 3.05) is 6.54 Å². The molecular formula is C19H25ClN2O. The Morgan fingerprint density at radius 3 is 2.17 bits per heavy atom. The molecule has 1 unspecified atom stereocenters. The van der Waals surface area contributed by atoms with Crippen molar-refractivity contribution < 1.29 is 4.79 Å². The van der Waals surface area contributed by atoms with Gasteiger partial charge in [0, 0.05) is 24.6 Å². The normalized spacial score (nSPS) is 11.7. The van der Waals surface area contributed by atoms with E-state index >= 15 is 0 Å². The van der Waals surface area contributed by atoms with Crippen molar-refractivity contribution in [1.82, 2.24) is 5.32 Å². The van der Waals surface area contributed by atoms with Crippen LogP contribution in [0.1, 0.15) is 41.3 Å². The number of nitrogens with one attached hydrogen (secondary N) is 1. The molecule has 3 N–H and O–H groups in total. The highest BCUT2D eigenvalue weighted by Crippen LogP contribution is 2.23. The quantitative estimate of drug-likeness (QED) is 0.846. The van der Waals surface area contributed by atoms with Crippen molar-refractivity contribution in [2.24, 2.45) is 11.7 Å². The topological polar surface area (TPSA) is 55.1 Å². The molecule has 0 aliphatic rings. The summed E-state index contributed by atoms with van der Waals surface area (Å²) >= 11 is 0. The van der Waals surface area contributed by atoms with Crippen LogP contribution >= 0.6 is 12.4 Å². The molecule has 2 rings (SSSR count). The van der Waals surface area contributed by atoms with E-state index in [2.05, 4.69) is 31.3 Å². The zero-order valence-electron chi connectivity index (χ0n) is 13.7. The van der Waals surface area contributed by atoms with Gasteiger partial charge in [0.15, 0.2) is 0 Å². The Kier molecular flexibility index (Phi) is 7.79. The summed E-state index contributed by atoms with van der Waals surface area (Å²) in [5.74, 6) is 0.737. The van der Waals surface area contributed by atoms with Gasteiger partial charge in [0.25, 0.3) is 5.91 Å². The number of hydrogen-bond donors (Lipinski definition) is 2. The predicted molar refractivity (Wildman–Crippen MR) is 97.9 cm³/mol. The molecule has 0 saturated heterocycles. The molecule has 0 spiro atoms. The Labute approximate surface area is 144 Å². The molecule has 0 aliphatic carbocycles. The van der Waals surface area contributed by atoms with Crippen LogP contribution in [0.15, 0.2) is 54.6 Å². The molecule has 0 aromatic heterocycles. The highest BCUT2D eigenvalue weighted by molar-refractivity contribution is 5.94. The lowest BCUT2D eigenvalue weighted by molar-refractivity contribution is 0.0949. The molecule has 2 aromatic carbocycles. The summed E-state index contributed by atoms with van der Waals surface area (Å²) in [4.78, 5) is 12.3. The lowest BCUT2D eigenvalue weighted by Gasteiger charge is -2.22. The van der Waals surface area contributed by atoms with Crippen LogP contribution in [0.2, 0.25) is 0 Å². The van der Waals surface area contributed by atoms with Crippen LogP contribution in [-0.4, -0.2) is 12.5 Å². The van der Waals surface area contributed by atoms with Crippen LogP contribution < -0.4 is 11.1 Å². The Balaban J connectivity index is 0.00000264. The van der Waals surface area contributed by atoms with Gasteiger partial charge in [-0.25, -0.2) is 0 Å². The number of halogens is 1. The van der Waals surface area contributed by atoms with Crippen molar-refractivity contribution in [2.45, 2.75) is 26.3 Å². The molecule has 124 valence electrons. The number of hydrogen-bond acceptors (Lipinski definition) is 2. The molecule has 1 atom stereocenters. The van der Waals surface area contributed by atoms with E-state index in [1.807, 2.05) is 42.5 Å². The van der Waals surface area contributed by atoms with Crippen LogP contribution in [-0.2, 0) is 6.54 Å². The van der Waals surface area contributed by atoms with Gasteiger partial charge in [-0.05, 0) is 29.2 Å². The average Bonchev–Trinajstić information content (AvgIpc) is 2.55. The number of benzene rings is 2. The van der Waals surface area contributed by atoms with Gasteiger partial charge in [-0.15, -0.1) is 12.4 Å². The van der Waals surface area contributed by atoms with E-state index in [-0.39, 0.29) is 18.3 Å². The molecule has 1 amide bonds. The van der Waals surface area contributed by atoms with Crippen molar-refractivity contribution in [3.05, 3.63) is 71.3 Å². The second-order valence-electron chi connectivity index (χ2n) is 5.87. The van der Waals surface area contributed by atoms with Crippen molar-refractivity contribution in [3.63, 3.8) is 0 Å². The molecule has 0 fully saturated rings. The number of carbonyl (C=O) groups excluding carboxylic acids is 1. The second-order valence-corrected chi connectivity index (χ2v) is 5.87. The van der Waals surface area contributed by atoms with E-state index in [0.717, 1.165) is 5.56 Å². The van der Waals surface area contributed by atoms with Crippen LogP contribution in [0.5, 0.6) is 0 Å². The van der Waals surface area contributed by atoms with Crippen LogP contribution in [0.4, 0.5) is 0 Å². The molecule has 3 nitrogen and oxygen atoms in total. The maximum atomic E-state index is 12.3. The Morgan fingerprint density at radius 2 is 1.65 bits per heavy atom. The summed E-state index contributed by atoms with van der Waals surface area (Å²) in [7, 11) is 0. The summed E-state index contributed by atoms with van der Waals surface area (Å²) in [6.07, 6.45) is 0. The van der Waals surface area contributed by atoms with E-state index in [1.165, 1.54) is 5.56 Å². The highest BCUT2D eigenvalue weighted by Gasteiger charge is 2.17. The highest BCUT2D eigenvalue weighted by atomic mass is 35.5. The van der Waals surface area contributed by atoms with Crippen LogP contribution in [0.3, 0.4) is 0 Å². The minimum atomic E-state index is -0.0369. The fourth-order valence-electron chi connectivity index (χ4n) is 2.54. The molecule has 23 heavy (non-hydrogen) atoms. The molecule has 0 radical (unpaired) electrons. The molecule has 0 aliphatic heterocycles. The van der Waals surface area contributed by atoms with Crippen molar-refractivity contribution in [3.8, 4) is 0 Å². The van der Waals surface area contributed by atoms with Crippen molar-refractivity contribution in [1.29, 1.82) is 0 Å². The summed E-state index contributed by atoms with van der Waals surface area (Å²) in [6.45, 7) is 5.49. The van der Waals surface area contributed by atoms with Gasteiger partial charge in [-0.3, -0.25) is 4.79 Å². The number of rotatable bonds is 6. The summed E-state index contributed by atoms with van der Waals surface area (Å²) in [5.41, 5.74) is 8.53. The van der Waals surface area contributed by atoms with E-state index in [4.69, 9.17) is 5.73 Å². The lowest BCUT2D eigenvalue weighted by atomic mass is 9.88. The van der Waals surface area contributed by atoms with E-state index in [0.29, 0.717) is 30.5 Å². The SMILES string of the molecule is CC(C)C(CNC(=O)c1ccc(CN)cc1)c1ccccc1.Cl. The lowest BCUT2D eigenvalue weighted by Crippen LogP contribution is -2.30. The van der Waals surface area contributed by atoms with Gasteiger partial charge in [-0.2, -0.15) is 0 Å². The smallest absolute Gasteiger partial charge is 0.251 e. The Morgan fingerprint density at radius 1 is 1.04 bits per heavy atom. The third kappa shape index (κ3) is 5.38. The van der Waals surface area contributed by atoms with Gasteiger partial charge in [0.05, 0.1) is 0 Å². The number of amides is 1. The van der Waals surface area contributed by atoms with Gasteiger partial charge < -0.3 is 11.1 Å². The first kappa shape index (κ1) is 19.2. The molecule has 4 heteroatoms. The molecule has 0 bridgehead atoms. The first-order chi connectivity index (χ1) is 10.6. The maximum absolute atomic E-state index is 12.3. The Bertz CT molecular complexity index is 597. The monoisotopic (exact) mass is 332 g/mol. The van der Waals surface area contributed by atoms with E-state index < -0.39 is 0 Å². The maximum Gasteiger partial charge on any atom is 0.251 e. The minimum absolute atomic E-state index is 0. The third-order valence-corrected chi connectivity index (χ3v) is 3.97. The van der Waals surface area contributed by atoms with Gasteiger partial charge >= 0.3 is 0 Å². The summed E-state index contributed by atoms with van der Waals surface area (Å²) in [5, 5.41) is 3.05. The predicted octanol–water partition coefficient (Wildman–Crippen LogP) is 3.74. The van der Waals surface area contributed by atoms with Crippen LogP contribution in [0, 0.1) is 5.92 Å². The van der Waals surface area contributed by atoms with Crippen molar-refractivity contribution >= 4 is 18.3 Å². The van der Waals surface area contributed by atoms with Gasteiger partial charge in [-0.1, -0.05) is 56.3 Å². The molecular weight excluding hydrogens is 308 g/mol. The average molecular weight is 333 g/mol. The van der Waals surface area contributed by atoms with Gasteiger partial charge in [0.2, 0.25) is 0 Å². The first-order valence-electron chi connectivity index (χ1n) is 7.74. The molecule has 2 aromatic rings. The second kappa shape index (κ2) is 9.33.